The van der Waals surface area contributed by atoms with E-state index in [0.29, 0.717) is 17.4 Å². The number of hydrogen-bond donors (Lipinski definition) is 2. The number of halogens is 1. The van der Waals surface area contributed by atoms with E-state index in [1.807, 2.05) is 31.3 Å². The summed E-state index contributed by atoms with van der Waals surface area (Å²) < 4.78 is 0. The maximum absolute atomic E-state index is 12.2. The molecule has 26 heavy (non-hydrogen) atoms. The first-order chi connectivity index (χ1) is 12.7. The first kappa shape index (κ1) is 17.1. The molecule has 1 aromatic carbocycles. The molecule has 2 aliphatic rings. The summed E-state index contributed by atoms with van der Waals surface area (Å²) in [7, 11) is 0. The number of hydrogen-bond acceptors (Lipinski definition) is 3. The molecule has 3 atom stereocenters. The largest absolute Gasteiger partial charge is 0.376 e. The van der Waals surface area contributed by atoms with Crippen molar-refractivity contribution in [1.82, 2.24) is 4.98 Å². The third-order valence-corrected chi connectivity index (χ3v) is 5.58. The van der Waals surface area contributed by atoms with Crippen LogP contribution in [0.15, 0.2) is 48.8 Å². The van der Waals surface area contributed by atoms with Crippen LogP contribution in [0.3, 0.4) is 0 Å². The Morgan fingerprint density at radius 3 is 3.04 bits per heavy atom. The zero-order valence-electron chi connectivity index (χ0n) is 14.7. The van der Waals surface area contributed by atoms with Gasteiger partial charge >= 0.3 is 0 Å². The molecule has 0 saturated heterocycles. The smallest absolute Gasteiger partial charge is 0.224 e. The van der Waals surface area contributed by atoms with Crippen LogP contribution in [0.1, 0.15) is 49.3 Å². The van der Waals surface area contributed by atoms with Crippen LogP contribution in [-0.2, 0) is 4.79 Å². The molecule has 1 aromatic heterocycles. The fourth-order valence-corrected chi connectivity index (χ4v) is 4.33. The quantitative estimate of drug-likeness (QED) is 0.721. The van der Waals surface area contributed by atoms with Crippen LogP contribution in [0, 0.1) is 5.92 Å². The van der Waals surface area contributed by atoms with Gasteiger partial charge in [0.25, 0.3) is 0 Å². The van der Waals surface area contributed by atoms with Gasteiger partial charge in [0, 0.05) is 36.0 Å². The van der Waals surface area contributed by atoms with Gasteiger partial charge in [0.05, 0.1) is 16.8 Å². The molecule has 2 N–H and O–H groups in total. The Morgan fingerprint density at radius 2 is 2.27 bits per heavy atom. The number of carbonyl (C=O) groups is 1. The zero-order valence-corrected chi connectivity index (χ0v) is 15.5. The van der Waals surface area contributed by atoms with Gasteiger partial charge in [-0.05, 0) is 42.5 Å². The molecule has 134 valence electrons. The van der Waals surface area contributed by atoms with Gasteiger partial charge in [0.15, 0.2) is 0 Å². The zero-order chi connectivity index (χ0) is 18.1. The lowest BCUT2D eigenvalue weighted by molar-refractivity contribution is -0.116. The van der Waals surface area contributed by atoms with Crippen molar-refractivity contribution in [1.29, 1.82) is 0 Å². The van der Waals surface area contributed by atoms with Crippen LogP contribution >= 0.6 is 11.6 Å². The predicted octanol–water partition coefficient (Wildman–Crippen LogP) is 5.30. The molecule has 0 fully saturated rings. The molecular formula is C21H22ClN3O. The molecule has 5 heteroatoms. The second-order valence-electron chi connectivity index (χ2n) is 6.94. The van der Waals surface area contributed by atoms with Crippen molar-refractivity contribution >= 4 is 28.9 Å². The standard InChI is InChI=1S/C21H22ClN3O/c1-2-5-18(26)24-17-10-9-16(22)21-19(17)14-7-3-8-15(14)20(25-21)13-6-4-11-23-12-13/h3-4,6-7,9-12,14-15,20,25H,2,5,8H2,1H3,(H,24,26). The van der Waals surface area contributed by atoms with E-state index in [9.17, 15) is 4.79 Å². The van der Waals surface area contributed by atoms with Crippen molar-refractivity contribution in [2.45, 2.75) is 38.1 Å². The minimum atomic E-state index is 0.0462. The molecule has 0 bridgehead atoms. The van der Waals surface area contributed by atoms with E-state index < -0.39 is 0 Å². The molecule has 0 spiro atoms. The van der Waals surface area contributed by atoms with Crippen molar-refractivity contribution in [3.63, 3.8) is 0 Å². The minimum Gasteiger partial charge on any atom is -0.376 e. The van der Waals surface area contributed by atoms with E-state index in [1.165, 1.54) is 0 Å². The molecule has 4 nitrogen and oxygen atoms in total. The fraction of sp³-hybridized carbons (Fsp3) is 0.333. The number of carbonyl (C=O) groups excluding carboxylic acids is 1. The van der Waals surface area contributed by atoms with Gasteiger partial charge in [-0.25, -0.2) is 0 Å². The number of pyridine rings is 1. The first-order valence-electron chi connectivity index (χ1n) is 9.14. The minimum absolute atomic E-state index is 0.0462. The molecular weight excluding hydrogens is 346 g/mol. The van der Waals surface area contributed by atoms with Gasteiger partial charge in [-0.1, -0.05) is 36.7 Å². The van der Waals surface area contributed by atoms with Crippen molar-refractivity contribution in [3.8, 4) is 0 Å². The number of rotatable bonds is 4. The summed E-state index contributed by atoms with van der Waals surface area (Å²) in [6, 6.07) is 7.99. The Kier molecular flexibility index (Phi) is 4.68. The highest BCUT2D eigenvalue weighted by atomic mass is 35.5. The van der Waals surface area contributed by atoms with Crippen LogP contribution < -0.4 is 10.6 Å². The third-order valence-electron chi connectivity index (χ3n) is 5.26. The summed E-state index contributed by atoms with van der Waals surface area (Å²) in [6.07, 6.45) is 10.5. The van der Waals surface area contributed by atoms with Gasteiger partial charge in [-0.3, -0.25) is 9.78 Å². The summed E-state index contributed by atoms with van der Waals surface area (Å²) in [5.41, 5.74) is 4.04. The Morgan fingerprint density at radius 1 is 1.38 bits per heavy atom. The molecule has 3 unspecified atom stereocenters. The monoisotopic (exact) mass is 367 g/mol. The summed E-state index contributed by atoms with van der Waals surface area (Å²) in [5.74, 6) is 0.656. The highest BCUT2D eigenvalue weighted by molar-refractivity contribution is 6.33. The Hall–Kier alpha value is -2.33. The molecule has 2 aromatic rings. The number of amides is 1. The number of allylic oxidation sites excluding steroid dienone is 2. The van der Waals surface area contributed by atoms with Gasteiger partial charge in [-0.2, -0.15) is 0 Å². The SMILES string of the molecule is CCCC(=O)Nc1ccc(Cl)c2c1C1C=CCC1C(c1cccnc1)N2. The second kappa shape index (κ2) is 7.12. The molecule has 2 heterocycles. The average molecular weight is 368 g/mol. The number of aromatic nitrogens is 1. The molecule has 4 rings (SSSR count). The van der Waals surface area contributed by atoms with Crippen molar-refractivity contribution in [2.75, 3.05) is 10.6 Å². The van der Waals surface area contributed by atoms with Crippen molar-refractivity contribution < 1.29 is 4.79 Å². The molecule has 0 radical (unpaired) electrons. The lowest BCUT2D eigenvalue weighted by Crippen LogP contribution is -2.30. The molecule has 1 aliphatic carbocycles. The van der Waals surface area contributed by atoms with Crippen molar-refractivity contribution in [3.05, 3.63) is 65.0 Å². The van der Waals surface area contributed by atoms with Crippen LogP contribution in [0.4, 0.5) is 11.4 Å². The van der Waals surface area contributed by atoms with Crippen LogP contribution in [-0.4, -0.2) is 10.9 Å². The number of nitrogens with one attached hydrogen (secondary N) is 2. The average Bonchev–Trinajstić information content (AvgIpc) is 3.14. The van der Waals surface area contributed by atoms with E-state index in [1.54, 1.807) is 6.20 Å². The first-order valence-corrected chi connectivity index (χ1v) is 9.52. The number of benzene rings is 1. The summed E-state index contributed by atoms with van der Waals surface area (Å²) >= 11 is 6.54. The van der Waals surface area contributed by atoms with Crippen molar-refractivity contribution in [2.24, 2.45) is 5.92 Å². The van der Waals surface area contributed by atoms with Gasteiger partial charge in [-0.15, -0.1) is 0 Å². The summed E-state index contributed by atoms with van der Waals surface area (Å²) in [5, 5.41) is 7.40. The number of anilines is 2. The molecule has 1 amide bonds. The van der Waals surface area contributed by atoms with E-state index >= 15 is 0 Å². The van der Waals surface area contributed by atoms with E-state index in [-0.39, 0.29) is 17.9 Å². The van der Waals surface area contributed by atoms with E-state index in [2.05, 4.69) is 33.8 Å². The predicted molar refractivity (Wildman–Crippen MR) is 106 cm³/mol. The Labute approximate surface area is 158 Å². The fourth-order valence-electron chi connectivity index (χ4n) is 4.11. The topological polar surface area (TPSA) is 54.0 Å². The Balaban J connectivity index is 1.77. The number of fused-ring (bicyclic) bond motifs is 3. The maximum Gasteiger partial charge on any atom is 0.224 e. The maximum atomic E-state index is 12.2. The van der Waals surface area contributed by atoms with Gasteiger partial charge in [0.1, 0.15) is 0 Å². The Bertz CT molecular complexity index is 850. The lowest BCUT2D eigenvalue weighted by atomic mass is 9.76. The summed E-state index contributed by atoms with van der Waals surface area (Å²) in [6.45, 7) is 2.01. The lowest BCUT2D eigenvalue weighted by Gasteiger charge is -2.38. The highest BCUT2D eigenvalue weighted by Gasteiger charge is 2.40. The van der Waals surface area contributed by atoms with Gasteiger partial charge < -0.3 is 10.6 Å². The third kappa shape index (κ3) is 2.99. The number of nitrogens with zero attached hydrogens (tertiary/aromatic N) is 1. The second-order valence-corrected chi connectivity index (χ2v) is 7.35. The van der Waals surface area contributed by atoms with E-state index in [4.69, 9.17) is 11.6 Å². The molecule has 1 aliphatic heterocycles. The highest BCUT2D eigenvalue weighted by Crippen LogP contribution is 2.53. The van der Waals surface area contributed by atoms with Crippen LogP contribution in [0.5, 0.6) is 0 Å². The van der Waals surface area contributed by atoms with Gasteiger partial charge in [0.2, 0.25) is 5.91 Å². The summed E-state index contributed by atoms with van der Waals surface area (Å²) in [4.78, 5) is 16.4. The molecule has 0 saturated carbocycles. The normalized spacial score (nSPS) is 23.1. The van der Waals surface area contributed by atoms with Crippen LogP contribution in [0.2, 0.25) is 5.02 Å². The van der Waals surface area contributed by atoms with E-state index in [0.717, 1.165) is 35.3 Å². The van der Waals surface area contributed by atoms with Crippen LogP contribution in [0.25, 0.3) is 0 Å².